The average molecular weight is 203 g/mol. The van der Waals surface area contributed by atoms with Crippen LogP contribution in [0.3, 0.4) is 0 Å². The number of hydrogen-bond donors (Lipinski definition) is 0. The van der Waals surface area contributed by atoms with Crippen LogP contribution in [-0.4, -0.2) is 10.1 Å². The summed E-state index contributed by atoms with van der Waals surface area (Å²) in [6, 6.07) is 0. The van der Waals surface area contributed by atoms with Crippen LogP contribution in [0.25, 0.3) is 0 Å². The highest BCUT2D eigenvalue weighted by Gasteiger charge is 2.26. The molecule has 1 rings (SSSR count). The van der Waals surface area contributed by atoms with Crippen molar-refractivity contribution in [3.05, 3.63) is 11.7 Å². The second-order valence-electron chi connectivity index (χ2n) is 3.81. The molecular formula is C9H15ClN2O. The van der Waals surface area contributed by atoms with Gasteiger partial charge in [-0.2, -0.15) is 4.98 Å². The summed E-state index contributed by atoms with van der Waals surface area (Å²) in [6.07, 6.45) is 0.964. The van der Waals surface area contributed by atoms with Gasteiger partial charge in [0.15, 0.2) is 5.82 Å². The number of alkyl halides is 1. The van der Waals surface area contributed by atoms with Gasteiger partial charge in [-0.05, 0) is 13.3 Å². The summed E-state index contributed by atoms with van der Waals surface area (Å²) in [5.74, 6) is 1.23. The minimum absolute atomic E-state index is 0.0585. The Balaban J connectivity index is 2.91. The zero-order valence-corrected chi connectivity index (χ0v) is 9.22. The topological polar surface area (TPSA) is 38.9 Å². The molecule has 1 aromatic heterocycles. The van der Waals surface area contributed by atoms with Gasteiger partial charge >= 0.3 is 0 Å². The predicted molar refractivity (Wildman–Crippen MR) is 51.9 cm³/mol. The Morgan fingerprint density at radius 1 is 1.54 bits per heavy atom. The maximum absolute atomic E-state index is 5.82. The van der Waals surface area contributed by atoms with Crippen LogP contribution >= 0.6 is 11.6 Å². The van der Waals surface area contributed by atoms with Crippen molar-refractivity contribution in [3.63, 3.8) is 0 Å². The van der Waals surface area contributed by atoms with Gasteiger partial charge in [0.1, 0.15) is 0 Å². The lowest BCUT2D eigenvalue weighted by Gasteiger charge is -2.15. The summed E-state index contributed by atoms with van der Waals surface area (Å²) in [5, 5.41) is 3.62. The Kier molecular flexibility index (Phi) is 2.96. The molecule has 0 radical (unpaired) electrons. The van der Waals surface area contributed by atoms with Crippen LogP contribution in [0.2, 0.25) is 0 Å². The van der Waals surface area contributed by atoms with E-state index in [1.807, 2.05) is 6.92 Å². The molecule has 4 heteroatoms. The fraction of sp³-hybridized carbons (Fsp3) is 0.778. The van der Waals surface area contributed by atoms with E-state index in [2.05, 4.69) is 30.9 Å². The Labute approximate surface area is 83.5 Å². The minimum Gasteiger partial charge on any atom is -0.339 e. The number of hydrogen-bond acceptors (Lipinski definition) is 3. The lowest BCUT2D eigenvalue weighted by molar-refractivity contribution is 0.300. The van der Waals surface area contributed by atoms with E-state index < -0.39 is 0 Å². The van der Waals surface area contributed by atoms with Gasteiger partial charge in [-0.25, -0.2) is 0 Å². The van der Waals surface area contributed by atoms with Crippen molar-refractivity contribution in [2.75, 3.05) is 0 Å². The second-order valence-corrected chi connectivity index (χ2v) is 4.47. The molecule has 1 unspecified atom stereocenters. The molecule has 0 aliphatic heterocycles. The summed E-state index contributed by atoms with van der Waals surface area (Å²) in [5.41, 5.74) is -0.0585. The number of aromatic nitrogens is 2. The van der Waals surface area contributed by atoms with E-state index in [9.17, 15) is 0 Å². The van der Waals surface area contributed by atoms with Gasteiger partial charge < -0.3 is 4.52 Å². The van der Waals surface area contributed by atoms with Gasteiger partial charge in [0.25, 0.3) is 0 Å². The molecule has 0 N–H and O–H groups in total. The SMILES string of the molecule is CCC(C)(C)c1nc(C(C)Cl)no1. The van der Waals surface area contributed by atoms with Gasteiger partial charge in [-0.3, -0.25) is 0 Å². The van der Waals surface area contributed by atoms with Crippen molar-refractivity contribution in [2.24, 2.45) is 0 Å². The largest absolute Gasteiger partial charge is 0.339 e. The molecule has 1 heterocycles. The highest BCUT2D eigenvalue weighted by atomic mass is 35.5. The van der Waals surface area contributed by atoms with Crippen molar-refractivity contribution in [2.45, 2.75) is 44.9 Å². The normalized spacial score (nSPS) is 14.5. The molecule has 1 atom stereocenters. The van der Waals surface area contributed by atoms with E-state index in [1.165, 1.54) is 0 Å². The van der Waals surface area contributed by atoms with Crippen molar-refractivity contribution in [1.29, 1.82) is 0 Å². The smallest absolute Gasteiger partial charge is 0.232 e. The maximum atomic E-state index is 5.82. The summed E-state index contributed by atoms with van der Waals surface area (Å²) < 4.78 is 5.14. The Morgan fingerprint density at radius 3 is 2.54 bits per heavy atom. The van der Waals surface area contributed by atoms with Crippen molar-refractivity contribution >= 4 is 11.6 Å². The first-order chi connectivity index (χ1) is 5.97. The summed E-state index contributed by atoms with van der Waals surface area (Å²) in [6.45, 7) is 8.06. The van der Waals surface area contributed by atoms with E-state index in [1.54, 1.807) is 0 Å². The summed E-state index contributed by atoms with van der Waals surface area (Å²) in [7, 11) is 0. The zero-order valence-electron chi connectivity index (χ0n) is 8.47. The molecule has 0 bridgehead atoms. The Hall–Kier alpha value is -0.570. The predicted octanol–water partition coefficient (Wildman–Crippen LogP) is 3.06. The second kappa shape index (κ2) is 3.66. The molecule has 0 spiro atoms. The Bertz CT molecular complexity index is 281. The van der Waals surface area contributed by atoms with E-state index in [0.29, 0.717) is 11.7 Å². The van der Waals surface area contributed by atoms with Gasteiger partial charge in [0, 0.05) is 5.41 Å². The molecule has 0 aliphatic rings. The molecule has 13 heavy (non-hydrogen) atoms. The highest BCUT2D eigenvalue weighted by Crippen LogP contribution is 2.26. The van der Waals surface area contributed by atoms with E-state index >= 15 is 0 Å². The van der Waals surface area contributed by atoms with Crippen LogP contribution in [0.15, 0.2) is 4.52 Å². The zero-order chi connectivity index (χ0) is 10.1. The third kappa shape index (κ3) is 2.21. The molecule has 0 aliphatic carbocycles. The molecular weight excluding hydrogens is 188 g/mol. The maximum Gasteiger partial charge on any atom is 0.232 e. The number of halogens is 1. The van der Waals surface area contributed by atoms with Gasteiger partial charge in [0.05, 0.1) is 5.38 Å². The van der Waals surface area contributed by atoms with Crippen LogP contribution in [0.1, 0.15) is 51.2 Å². The molecule has 0 amide bonds. The molecule has 0 aromatic carbocycles. The first-order valence-corrected chi connectivity index (χ1v) is 4.89. The standard InChI is InChI=1S/C9H15ClN2O/c1-5-9(3,4)8-11-7(6(2)10)12-13-8/h6H,5H2,1-4H3. The van der Waals surface area contributed by atoms with Gasteiger partial charge in [-0.15, -0.1) is 11.6 Å². The van der Waals surface area contributed by atoms with Crippen molar-refractivity contribution in [1.82, 2.24) is 10.1 Å². The summed E-state index contributed by atoms with van der Waals surface area (Å²) in [4.78, 5) is 4.24. The van der Waals surface area contributed by atoms with Crippen LogP contribution in [0.4, 0.5) is 0 Å². The van der Waals surface area contributed by atoms with Crippen LogP contribution in [0, 0.1) is 0 Å². The van der Waals surface area contributed by atoms with Crippen molar-refractivity contribution in [3.8, 4) is 0 Å². The van der Waals surface area contributed by atoms with E-state index in [4.69, 9.17) is 16.1 Å². The van der Waals surface area contributed by atoms with Gasteiger partial charge in [-0.1, -0.05) is 25.9 Å². The fourth-order valence-corrected chi connectivity index (χ4v) is 0.911. The number of nitrogens with zero attached hydrogens (tertiary/aromatic N) is 2. The van der Waals surface area contributed by atoms with Gasteiger partial charge in [0.2, 0.25) is 5.89 Å². The van der Waals surface area contributed by atoms with Crippen LogP contribution < -0.4 is 0 Å². The molecule has 1 aromatic rings. The monoisotopic (exact) mass is 202 g/mol. The molecule has 0 fully saturated rings. The van der Waals surface area contributed by atoms with E-state index in [0.717, 1.165) is 6.42 Å². The number of rotatable bonds is 3. The molecule has 74 valence electrons. The third-order valence-electron chi connectivity index (χ3n) is 2.26. The fourth-order valence-electron chi connectivity index (χ4n) is 0.823. The molecule has 0 saturated carbocycles. The highest BCUT2D eigenvalue weighted by molar-refractivity contribution is 6.20. The minimum atomic E-state index is -0.190. The molecule has 3 nitrogen and oxygen atoms in total. The quantitative estimate of drug-likeness (QED) is 0.708. The first kappa shape index (κ1) is 10.5. The molecule has 0 saturated heterocycles. The Morgan fingerprint density at radius 2 is 2.15 bits per heavy atom. The summed E-state index contributed by atoms with van der Waals surface area (Å²) >= 11 is 5.82. The first-order valence-electron chi connectivity index (χ1n) is 4.45. The van der Waals surface area contributed by atoms with Crippen LogP contribution in [0.5, 0.6) is 0 Å². The lowest BCUT2D eigenvalue weighted by atomic mass is 9.90. The average Bonchev–Trinajstić information content (AvgIpc) is 2.52. The lowest BCUT2D eigenvalue weighted by Crippen LogP contribution is -2.15. The van der Waals surface area contributed by atoms with E-state index in [-0.39, 0.29) is 10.8 Å². The van der Waals surface area contributed by atoms with Crippen molar-refractivity contribution < 1.29 is 4.52 Å². The third-order valence-corrected chi connectivity index (χ3v) is 2.46. The van der Waals surface area contributed by atoms with Crippen LogP contribution in [-0.2, 0) is 5.41 Å².